The highest BCUT2D eigenvalue weighted by Crippen LogP contribution is 2.26. The van der Waals surface area contributed by atoms with Gasteiger partial charge < -0.3 is 4.74 Å². The van der Waals surface area contributed by atoms with Crippen LogP contribution in [0.15, 0.2) is 24.3 Å². The maximum atomic E-state index is 11.6. The van der Waals surface area contributed by atoms with Gasteiger partial charge in [0.1, 0.15) is 5.75 Å². The predicted octanol–water partition coefficient (Wildman–Crippen LogP) is 2.94. The van der Waals surface area contributed by atoms with Crippen LogP contribution >= 0.6 is 11.8 Å². The number of Topliss-reactive ketones (excluding diaryl/α,β-unsaturated/α-hetero) is 1. The van der Waals surface area contributed by atoms with Crippen molar-refractivity contribution in [3.8, 4) is 5.75 Å². The van der Waals surface area contributed by atoms with Crippen LogP contribution in [0.25, 0.3) is 6.08 Å². The second-order valence-corrected chi connectivity index (χ2v) is 5.18. The van der Waals surface area contributed by atoms with E-state index in [1.54, 1.807) is 13.0 Å². The number of ether oxygens (including phenoxy) is 1. The average molecular weight is 262 g/mol. The molecule has 0 atom stereocenters. The molecule has 1 aliphatic heterocycles. The molecule has 0 amide bonds. The molecule has 0 radical (unpaired) electrons. The van der Waals surface area contributed by atoms with E-state index in [4.69, 9.17) is 4.74 Å². The zero-order valence-corrected chi connectivity index (χ0v) is 11.0. The van der Waals surface area contributed by atoms with Crippen LogP contribution in [0.3, 0.4) is 0 Å². The SMILES string of the molecule is CC(=O)SCC=Cc1ccc2c(c1)OCCC2=O. The number of benzene rings is 1. The van der Waals surface area contributed by atoms with Crippen LogP contribution in [-0.4, -0.2) is 23.3 Å². The molecule has 94 valence electrons. The van der Waals surface area contributed by atoms with Crippen LogP contribution < -0.4 is 4.74 Å². The molecule has 4 heteroatoms. The Hall–Kier alpha value is -1.55. The summed E-state index contributed by atoms with van der Waals surface area (Å²) in [7, 11) is 0. The minimum absolute atomic E-state index is 0.110. The summed E-state index contributed by atoms with van der Waals surface area (Å²) < 4.78 is 5.47. The first-order valence-electron chi connectivity index (χ1n) is 5.77. The number of rotatable bonds is 3. The van der Waals surface area contributed by atoms with E-state index >= 15 is 0 Å². The van der Waals surface area contributed by atoms with E-state index in [9.17, 15) is 9.59 Å². The summed E-state index contributed by atoms with van der Waals surface area (Å²) in [4.78, 5) is 22.3. The van der Waals surface area contributed by atoms with E-state index in [1.807, 2.05) is 24.3 Å². The largest absolute Gasteiger partial charge is 0.492 e. The van der Waals surface area contributed by atoms with Crippen molar-refractivity contribution in [2.24, 2.45) is 0 Å². The Morgan fingerprint density at radius 2 is 2.33 bits per heavy atom. The number of ketones is 1. The summed E-state index contributed by atoms with van der Waals surface area (Å²) in [6.07, 6.45) is 4.31. The molecular formula is C14H14O3S. The lowest BCUT2D eigenvalue weighted by molar-refractivity contribution is -0.109. The minimum Gasteiger partial charge on any atom is -0.492 e. The molecule has 0 spiro atoms. The fourth-order valence-electron chi connectivity index (χ4n) is 1.73. The van der Waals surface area contributed by atoms with Crippen molar-refractivity contribution in [1.82, 2.24) is 0 Å². The topological polar surface area (TPSA) is 43.4 Å². The predicted molar refractivity (Wildman–Crippen MR) is 73.1 cm³/mol. The maximum Gasteiger partial charge on any atom is 0.186 e. The maximum absolute atomic E-state index is 11.6. The van der Waals surface area contributed by atoms with E-state index < -0.39 is 0 Å². The van der Waals surface area contributed by atoms with Gasteiger partial charge in [-0.3, -0.25) is 9.59 Å². The summed E-state index contributed by atoms with van der Waals surface area (Å²) in [6.45, 7) is 2.01. The lowest BCUT2D eigenvalue weighted by atomic mass is 10.0. The number of carbonyl (C=O) groups excluding carboxylic acids is 2. The molecule has 3 nitrogen and oxygen atoms in total. The molecule has 0 fully saturated rings. The molecular weight excluding hydrogens is 248 g/mol. The summed E-state index contributed by atoms with van der Waals surface area (Å²) in [6, 6.07) is 5.55. The zero-order valence-electron chi connectivity index (χ0n) is 10.1. The van der Waals surface area contributed by atoms with Crippen molar-refractivity contribution in [2.45, 2.75) is 13.3 Å². The van der Waals surface area contributed by atoms with Gasteiger partial charge in [-0.05, 0) is 17.7 Å². The van der Waals surface area contributed by atoms with E-state index in [-0.39, 0.29) is 10.9 Å². The first-order chi connectivity index (χ1) is 8.66. The molecule has 0 aliphatic carbocycles. The van der Waals surface area contributed by atoms with Crippen molar-refractivity contribution in [2.75, 3.05) is 12.4 Å². The third-order valence-electron chi connectivity index (χ3n) is 2.59. The minimum atomic E-state index is 0.110. The molecule has 0 N–H and O–H groups in total. The van der Waals surface area contributed by atoms with Gasteiger partial charge in [0, 0.05) is 19.1 Å². The van der Waals surface area contributed by atoms with E-state index in [1.165, 1.54) is 11.8 Å². The molecule has 1 heterocycles. The number of fused-ring (bicyclic) bond motifs is 1. The van der Waals surface area contributed by atoms with Crippen molar-refractivity contribution >= 4 is 28.7 Å². The van der Waals surface area contributed by atoms with E-state index in [0.29, 0.717) is 30.1 Å². The van der Waals surface area contributed by atoms with Crippen LogP contribution in [0.4, 0.5) is 0 Å². The summed E-state index contributed by atoms with van der Waals surface area (Å²) in [5.74, 6) is 1.46. The Balaban J connectivity index is 2.07. The molecule has 2 rings (SSSR count). The van der Waals surface area contributed by atoms with E-state index in [0.717, 1.165) is 5.56 Å². The quantitative estimate of drug-likeness (QED) is 0.840. The Morgan fingerprint density at radius 3 is 3.11 bits per heavy atom. The normalized spacial score (nSPS) is 14.4. The molecule has 18 heavy (non-hydrogen) atoms. The Bertz CT molecular complexity index is 506. The number of carbonyl (C=O) groups is 2. The molecule has 0 saturated heterocycles. The van der Waals surface area contributed by atoms with Gasteiger partial charge in [0.25, 0.3) is 0 Å². The fraction of sp³-hybridized carbons (Fsp3) is 0.286. The van der Waals surface area contributed by atoms with Gasteiger partial charge in [-0.15, -0.1) is 0 Å². The zero-order chi connectivity index (χ0) is 13.0. The smallest absolute Gasteiger partial charge is 0.186 e. The molecule has 1 aromatic rings. The van der Waals surface area contributed by atoms with Crippen molar-refractivity contribution in [1.29, 1.82) is 0 Å². The highest BCUT2D eigenvalue weighted by Gasteiger charge is 2.17. The summed E-state index contributed by atoms with van der Waals surface area (Å²) in [5, 5.41) is 0.110. The van der Waals surface area contributed by atoms with Gasteiger partial charge in [0.2, 0.25) is 0 Å². The Morgan fingerprint density at radius 1 is 1.50 bits per heavy atom. The van der Waals surface area contributed by atoms with Crippen LogP contribution in [0, 0.1) is 0 Å². The van der Waals surface area contributed by atoms with Crippen molar-refractivity contribution in [3.63, 3.8) is 0 Å². The second kappa shape index (κ2) is 5.87. The van der Waals surface area contributed by atoms with Gasteiger partial charge in [0.05, 0.1) is 12.2 Å². The van der Waals surface area contributed by atoms with Gasteiger partial charge in [-0.2, -0.15) is 0 Å². The van der Waals surface area contributed by atoms with Crippen LogP contribution in [-0.2, 0) is 4.79 Å². The Labute approximate surface area is 110 Å². The monoisotopic (exact) mass is 262 g/mol. The average Bonchev–Trinajstić information content (AvgIpc) is 2.35. The van der Waals surface area contributed by atoms with Crippen LogP contribution in [0.5, 0.6) is 5.75 Å². The fourth-order valence-corrected chi connectivity index (χ4v) is 2.16. The standard InChI is InChI=1S/C14H14O3S/c1-10(15)18-8-2-3-11-4-5-12-13(16)6-7-17-14(12)9-11/h2-5,9H,6-8H2,1H3. The number of thioether (sulfide) groups is 1. The lowest BCUT2D eigenvalue weighted by Crippen LogP contribution is -2.15. The van der Waals surface area contributed by atoms with Gasteiger partial charge in [-0.1, -0.05) is 30.0 Å². The molecule has 0 saturated carbocycles. The first-order valence-corrected chi connectivity index (χ1v) is 6.75. The van der Waals surface area contributed by atoms with E-state index in [2.05, 4.69) is 0 Å². The number of hydrogen-bond acceptors (Lipinski definition) is 4. The van der Waals surface area contributed by atoms with Crippen LogP contribution in [0.2, 0.25) is 0 Å². The lowest BCUT2D eigenvalue weighted by Gasteiger charge is -2.16. The Kier molecular flexibility index (Phi) is 4.20. The first kappa shape index (κ1) is 12.9. The van der Waals surface area contributed by atoms with Gasteiger partial charge in [-0.25, -0.2) is 0 Å². The van der Waals surface area contributed by atoms with Crippen molar-refractivity contribution < 1.29 is 14.3 Å². The molecule has 1 aromatic carbocycles. The van der Waals surface area contributed by atoms with Gasteiger partial charge in [0.15, 0.2) is 10.9 Å². The third kappa shape index (κ3) is 3.23. The third-order valence-corrected chi connectivity index (χ3v) is 3.35. The molecule has 0 unspecified atom stereocenters. The highest BCUT2D eigenvalue weighted by atomic mass is 32.2. The summed E-state index contributed by atoms with van der Waals surface area (Å²) in [5.41, 5.74) is 1.64. The molecule has 0 bridgehead atoms. The molecule has 1 aliphatic rings. The highest BCUT2D eigenvalue weighted by molar-refractivity contribution is 8.13. The number of hydrogen-bond donors (Lipinski definition) is 0. The molecule has 0 aromatic heterocycles. The van der Waals surface area contributed by atoms with Crippen LogP contribution in [0.1, 0.15) is 29.3 Å². The summed E-state index contributed by atoms with van der Waals surface area (Å²) >= 11 is 1.27. The second-order valence-electron chi connectivity index (χ2n) is 3.98. The van der Waals surface area contributed by atoms with Gasteiger partial charge >= 0.3 is 0 Å². The van der Waals surface area contributed by atoms with Crippen molar-refractivity contribution in [3.05, 3.63) is 35.4 Å².